The molecule has 0 saturated carbocycles. The predicted molar refractivity (Wildman–Crippen MR) is 69.5 cm³/mol. The van der Waals surface area contributed by atoms with Gasteiger partial charge in [-0.25, -0.2) is 4.39 Å². The second kappa shape index (κ2) is 6.87. The molecule has 19 heavy (non-hydrogen) atoms. The van der Waals surface area contributed by atoms with E-state index in [1.54, 1.807) is 6.92 Å². The summed E-state index contributed by atoms with van der Waals surface area (Å²) in [7, 11) is 0. The van der Waals surface area contributed by atoms with E-state index in [4.69, 9.17) is 5.11 Å². The summed E-state index contributed by atoms with van der Waals surface area (Å²) < 4.78 is 12.9. The molecule has 5 heteroatoms. The molecule has 0 radical (unpaired) electrons. The van der Waals surface area contributed by atoms with Crippen LogP contribution in [0.25, 0.3) is 0 Å². The average Bonchev–Trinajstić information content (AvgIpc) is 2.33. The first kappa shape index (κ1) is 15.1. The number of halogens is 1. The zero-order valence-electron chi connectivity index (χ0n) is 11.1. The minimum atomic E-state index is -0.919. The van der Waals surface area contributed by atoms with Crippen LogP contribution in [0.3, 0.4) is 0 Å². The van der Waals surface area contributed by atoms with Gasteiger partial charge in [-0.1, -0.05) is 13.3 Å². The lowest BCUT2D eigenvalue weighted by Crippen LogP contribution is -2.33. The zero-order valence-corrected chi connectivity index (χ0v) is 11.1. The summed E-state index contributed by atoms with van der Waals surface area (Å²) in [5.41, 5.74) is 0.891. The maximum Gasteiger partial charge on any atom is 0.308 e. The quantitative estimate of drug-likeness (QED) is 0.831. The third kappa shape index (κ3) is 4.35. The van der Waals surface area contributed by atoms with Gasteiger partial charge in [0.1, 0.15) is 5.82 Å². The number of carboxylic acid groups (broad SMARTS) is 1. The summed E-state index contributed by atoms with van der Waals surface area (Å²) >= 11 is 0. The standard InChI is InChI=1S/C14H18FNO3/c1-3-4-10(14(18)19)8-16-13(17)12-6-5-11(15)7-9(12)2/h5-7,10H,3-4,8H2,1-2H3,(H,16,17)(H,18,19). The topological polar surface area (TPSA) is 66.4 Å². The van der Waals surface area contributed by atoms with Crippen molar-refractivity contribution in [2.24, 2.45) is 5.92 Å². The zero-order chi connectivity index (χ0) is 14.4. The van der Waals surface area contributed by atoms with Gasteiger partial charge in [0.15, 0.2) is 0 Å². The molecule has 4 nitrogen and oxygen atoms in total. The number of carbonyl (C=O) groups is 2. The van der Waals surface area contributed by atoms with E-state index in [1.165, 1.54) is 18.2 Å². The fraction of sp³-hybridized carbons (Fsp3) is 0.429. The van der Waals surface area contributed by atoms with Gasteiger partial charge in [-0.3, -0.25) is 9.59 Å². The van der Waals surface area contributed by atoms with E-state index in [2.05, 4.69) is 5.32 Å². The van der Waals surface area contributed by atoms with Crippen molar-refractivity contribution in [3.05, 3.63) is 35.1 Å². The molecule has 0 fully saturated rings. The maximum atomic E-state index is 12.9. The number of benzene rings is 1. The van der Waals surface area contributed by atoms with Crippen LogP contribution in [-0.2, 0) is 4.79 Å². The van der Waals surface area contributed by atoms with Gasteiger partial charge in [-0.15, -0.1) is 0 Å². The molecule has 1 unspecified atom stereocenters. The molecule has 1 atom stereocenters. The van der Waals surface area contributed by atoms with Gasteiger partial charge in [0, 0.05) is 12.1 Å². The number of nitrogens with one attached hydrogen (secondary N) is 1. The van der Waals surface area contributed by atoms with Gasteiger partial charge in [0.2, 0.25) is 0 Å². The smallest absolute Gasteiger partial charge is 0.308 e. The van der Waals surface area contributed by atoms with Crippen molar-refractivity contribution in [1.29, 1.82) is 0 Å². The molecular formula is C14H18FNO3. The Bertz CT molecular complexity index is 474. The SMILES string of the molecule is CCCC(CNC(=O)c1ccc(F)cc1C)C(=O)O. The number of amides is 1. The summed E-state index contributed by atoms with van der Waals surface area (Å²) in [5.74, 6) is -2.28. The molecule has 0 aromatic heterocycles. The van der Waals surface area contributed by atoms with Gasteiger partial charge in [-0.05, 0) is 37.1 Å². The molecule has 0 saturated heterocycles. The van der Waals surface area contributed by atoms with Gasteiger partial charge in [0.25, 0.3) is 5.91 Å². The average molecular weight is 267 g/mol. The lowest BCUT2D eigenvalue weighted by atomic mass is 10.0. The minimum absolute atomic E-state index is 0.0822. The number of rotatable bonds is 6. The third-order valence-electron chi connectivity index (χ3n) is 2.93. The highest BCUT2D eigenvalue weighted by Gasteiger charge is 2.18. The second-order valence-corrected chi connectivity index (χ2v) is 4.49. The Morgan fingerprint density at radius 2 is 2.11 bits per heavy atom. The van der Waals surface area contributed by atoms with E-state index < -0.39 is 17.7 Å². The summed E-state index contributed by atoms with van der Waals surface area (Å²) in [6.07, 6.45) is 1.25. The van der Waals surface area contributed by atoms with Crippen LogP contribution in [0, 0.1) is 18.7 Å². The first-order valence-corrected chi connectivity index (χ1v) is 6.22. The number of carbonyl (C=O) groups excluding carboxylic acids is 1. The highest BCUT2D eigenvalue weighted by atomic mass is 19.1. The first-order valence-electron chi connectivity index (χ1n) is 6.22. The Morgan fingerprint density at radius 3 is 2.63 bits per heavy atom. The summed E-state index contributed by atoms with van der Waals surface area (Å²) in [6.45, 7) is 3.61. The van der Waals surface area contributed by atoms with Crippen molar-refractivity contribution in [3.8, 4) is 0 Å². The number of hydrogen-bond donors (Lipinski definition) is 2. The van der Waals surface area contributed by atoms with E-state index >= 15 is 0 Å². The fourth-order valence-electron chi connectivity index (χ4n) is 1.85. The van der Waals surface area contributed by atoms with Crippen molar-refractivity contribution in [2.75, 3.05) is 6.54 Å². The van der Waals surface area contributed by atoms with Crippen molar-refractivity contribution in [2.45, 2.75) is 26.7 Å². The minimum Gasteiger partial charge on any atom is -0.481 e. The molecular weight excluding hydrogens is 249 g/mol. The largest absolute Gasteiger partial charge is 0.481 e. The van der Waals surface area contributed by atoms with E-state index in [1.807, 2.05) is 6.92 Å². The Kier molecular flexibility index (Phi) is 5.48. The highest BCUT2D eigenvalue weighted by Crippen LogP contribution is 2.11. The molecule has 104 valence electrons. The van der Waals surface area contributed by atoms with Crippen LogP contribution < -0.4 is 5.32 Å². The van der Waals surface area contributed by atoms with Crippen molar-refractivity contribution in [3.63, 3.8) is 0 Å². The number of aliphatic carboxylic acids is 1. The van der Waals surface area contributed by atoms with Crippen molar-refractivity contribution < 1.29 is 19.1 Å². The Morgan fingerprint density at radius 1 is 1.42 bits per heavy atom. The number of aryl methyl sites for hydroxylation is 1. The van der Waals surface area contributed by atoms with Crippen molar-refractivity contribution >= 4 is 11.9 Å². The van der Waals surface area contributed by atoms with Crippen LogP contribution in [-0.4, -0.2) is 23.5 Å². The lowest BCUT2D eigenvalue weighted by molar-refractivity contribution is -0.141. The second-order valence-electron chi connectivity index (χ2n) is 4.49. The van der Waals surface area contributed by atoms with E-state index in [0.29, 0.717) is 17.5 Å². The molecule has 0 bridgehead atoms. The van der Waals surface area contributed by atoms with Gasteiger partial charge < -0.3 is 10.4 Å². The summed E-state index contributed by atoms with van der Waals surface area (Å²) in [6, 6.07) is 3.88. The molecule has 2 N–H and O–H groups in total. The summed E-state index contributed by atoms with van der Waals surface area (Å²) in [4.78, 5) is 22.8. The van der Waals surface area contributed by atoms with E-state index in [0.717, 1.165) is 6.42 Å². The number of carboxylic acids is 1. The Hall–Kier alpha value is -1.91. The van der Waals surface area contributed by atoms with E-state index in [9.17, 15) is 14.0 Å². The molecule has 0 heterocycles. The van der Waals surface area contributed by atoms with Crippen molar-refractivity contribution in [1.82, 2.24) is 5.32 Å². The molecule has 0 aliphatic rings. The Balaban J connectivity index is 2.66. The van der Waals surface area contributed by atoms with Gasteiger partial charge in [-0.2, -0.15) is 0 Å². The fourth-order valence-corrected chi connectivity index (χ4v) is 1.85. The number of hydrogen-bond acceptors (Lipinski definition) is 2. The van der Waals surface area contributed by atoms with Crippen LogP contribution >= 0.6 is 0 Å². The third-order valence-corrected chi connectivity index (χ3v) is 2.93. The summed E-state index contributed by atoms with van der Waals surface area (Å²) in [5, 5.41) is 11.6. The first-order chi connectivity index (χ1) is 8.95. The van der Waals surface area contributed by atoms with Crippen LogP contribution in [0.2, 0.25) is 0 Å². The van der Waals surface area contributed by atoms with Crippen LogP contribution in [0.1, 0.15) is 35.7 Å². The molecule has 1 aromatic rings. The lowest BCUT2D eigenvalue weighted by Gasteiger charge is -2.13. The van der Waals surface area contributed by atoms with Gasteiger partial charge >= 0.3 is 5.97 Å². The monoisotopic (exact) mass is 267 g/mol. The van der Waals surface area contributed by atoms with Crippen LogP contribution in [0.15, 0.2) is 18.2 Å². The van der Waals surface area contributed by atoms with Crippen LogP contribution in [0.5, 0.6) is 0 Å². The molecule has 1 aromatic carbocycles. The highest BCUT2D eigenvalue weighted by molar-refractivity contribution is 5.95. The molecule has 1 rings (SSSR count). The molecule has 0 aliphatic heterocycles. The molecule has 0 spiro atoms. The molecule has 0 aliphatic carbocycles. The molecule has 1 amide bonds. The van der Waals surface area contributed by atoms with Gasteiger partial charge in [0.05, 0.1) is 5.92 Å². The predicted octanol–water partition coefficient (Wildman–Crippen LogP) is 2.36. The Labute approximate surface area is 111 Å². The maximum absolute atomic E-state index is 12.9. The normalized spacial score (nSPS) is 11.9. The van der Waals surface area contributed by atoms with Crippen LogP contribution in [0.4, 0.5) is 4.39 Å². The van der Waals surface area contributed by atoms with E-state index in [-0.39, 0.29) is 12.5 Å².